The maximum absolute atomic E-state index is 8.61. The van der Waals surface area contributed by atoms with Crippen molar-refractivity contribution in [3.63, 3.8) is 0 Å². The molecule has 0 unspecified atom stereocenters. The summed E-state index contributed by atoms with van der Waals surface area (Å²) in [6, 6.07) is 3.75. The van der Waals surface area contributed by atoms with Gasteiger partial charge in [-0.15, -0.1) is 0 Å². The molecular weight excluding hydrogens is 242 g/mol. The molecule has 0 saturated carbocycles. The molecular formula is C13H21N5O. The first-order valence-corrected chi connectivity index (χ1v) is 6.66. The van der Waals surface area contributed by atoms with E-state index in [1.807, 2.05) is 12.1 Å². The van der Waals surface area contributed by atoms with Crippen LogP contribution in [0, 0.1) is 0 Å². The molecule has 19 heavy (non-hydrogen) atoms. The van der Waals surface area contributed by atoms with E-state index >= 15 is 0 Å². The fourth-order valence-electron chi connectivity index (χ4n) is 2.30. The van der Waals surface area contributed by atoms with E-state index in [1.54, 1.807) is 6.20 Å². The maximum atomic E-state index is 8.61. The predicted octanol–water partition coefficient (Wildman–Crippen LogP) is 0.708. The molecule has 0 atom stereocenters. The first-order valence-electron chi connectivity index (χ1n) is 6.66. The lowest BCUT2D eigenvalue weighted by molar-refractivity contribution is 0.258. The van der Waals surface area contributed by atoms with Crippen LogP contribution >= 0.6 is 0 Å². The van der Waals surface area contributed by atoms with Gasteiger partial charge >= 0.3 is 0 Å². The zero-order valence-electron chi connectivity index (χ0n) is 11.3. The number of hydrogen-bond acceptors (Lipinski definition) is 5. The Morgan fingerprint density at radius 3 is 2.63 bits per heavy atom. The Morgan fingerprint density at radius 1 is 1.37 bits per heavy atom. The van der Waals surface area contributed by atoms with Gasteiger partial charge in [0.25, 0.3) is 0 Å². The Morgan fingerprint density at radius 2 is 2.11 bits per heavy atom. The van der Waals surface area contributed by atoms with E-state index in [0.717, 1.165) is 32.0 Å². The van der Waals surface area contributed by atoms with Crippen LogP contribution in [0.25, 0.3) is 0 Å². The van der Waals surface area contributed by atoms with Crippen LogP contribution in [0.1, 0.15) is 18.9 Å². The van der Waals surface area contributed by atoms with Gasteiger partial charge in [0.15, 0.2) is 5.84 Å². The minimum Gasteiger partial charge on any atom is -0.409 e. The molecule has 1 aliphatic heterocycles. The van der Waals surface area contributed by atoms with E-state index in [1.165, 1.54) is 13.0 Å². The van der Waals surface area contributed by atoms with Gasteiger partial charge in [-0.2, -0.15) is 0 Å². The summed E-state index contributed by atoms with van der Waals surface area (Å²) >= 11 is 0. The van der Waals surface area contributed by atoms with Crippen molar-refractivity contribution in [1.29, 1.82) is 0 Å². The second-order valence-corrected chi connectivity index (χ2v) is 4.72. The third-order valence-electron chi connectivity index (χ3n) is 3.39. The van der Waals surface area contributed by atoms with E-state index in [-0.39, 0.29) is 5.84 Å². The van der Waals surface area contributed by atoms with E-state index < -0.39 is 0 Å². The highest BCUT2D eigenvalue weighted by molar-refractivity contribution is 5.96. The molecule has 0 amide bonds. The Balaban J connectivity index is 1.96. The highest BCUT2D eigenvalue weighted by Crippen LogP contribution is 2.14. The molecule has 0 bridgehead atoms. The normalized spacial score (nSPS) is 17.7. The third kappa shape index (κ3) is 3.35. The van der Waals surface area contributed by atoms with Gasteiger partial charge in [-0.05, 0) is 25.1 Å². The summed E-state index contributed by atoms with van der Waals surface area (Å²) in [5.74, 6) is 1.04. The van der Waals surface area contributed by atoms with Crippen LogP contribution in [0.2, 0.25) is 0 Å². The predicted molar refractivity (Wildman–Crippen MR) is 75.7 cm³/mol. The molecule has 104 valence electrons. The van der Waals surface area contributed by atoms with Crippen molar-refractivity contribution >= 4 is 11.7 Å². The topological polar surface area (TPSA) is 78.0 Å². The molecule has 2 rings (SSSR count). The lowest BCUT2D eigenvalue weighted by atomic mass is 10.2. The Kier molecular flexibility index (Phi) is 4.57. The number of pyridine rings is 1. The number of aromatic nitrogens is 1. The molecule has 3 N–H and O–H groups in total. The largest absolute Gasteiger partial charge is 0.409 e. The summed E-state index contributed by atoms with van der Waals surface area (Å²) in [4.78, 5) is 9.12. The van der Waals surface area contributed by atoms with Crippen molar-refractivity contribution in [2.24, 2.45) is 10.9 Å². The van der Waals surface area contributed by atoms with E-state index in [0.29, 0.717) is 5.56 Å². The zero-order chi connectivity index (χ0) is 13.7. The molecule has 0 radical (unpaired) electrons. The average Bonchev–Trinajstić information content (AvgIpc) is 2.48. The number of anilines is 1. The molecule has 0 aromatic carbocycles. The summed E-state index contributed by atoms with van der Waals surface area (Å²) in [5.41, 5.74) is 6.15. The standard InChI is InChI=1S/C13H21N5O/c1-2-5-17-6-8-18(9-7-17)12-4-3-11(10-15-12)13(14)16-19/h3-4,10,19H,2,5-9H2,1H3,(H2,14,16). The lowest BCUT2D eigenvalue weighted by Crippen LogP contribution is -2.46. The van der Waals surface area contributed by atoms with Crippen LogP contribution in [0.15, 0.2) is 23.5 Å². The zero-order valence-corrected chi connectivity index (χ0v) is 11.3. The summed E-state index contributed by atoms with van der Waals surface area (Å²) in [5, 5.41) is 11.6. The fraction of sp³-hybridized carbons (Fsp3) is 0.538. The first kappa shape index (κ1) is 13.6. The third-order valence-corrected chi connectivity index (χ3v) is 3.39. The number of oxime groups is 1. The Labute approximate surface area is 113 Å². The number of rotatable bonds is 4. The van der Waals surface area contributed by atoms with Gasteiger partial charge in [-0.3, -0.25) is 4.90 Å². The van der Waals surface area contributed by atoms with Gasteiger partial charge in [0.1, 0.15) is 5.82 Å². The number of piperazine rings is 1. The molecule has 1 aliphatic rings. The van der Waals surface area contributed by atoms with Gasteiger partial charge in [-0.1, -0.05) is 12.1 Å². The van der Waals surface area contributed by atoms with Crippen LogP contribution in [-0.4, -0.2) is 53.7 Å². The van der Waals surface area contributed by atoms with Crippen molar-refractivity contribution in [3.8, 4) is 0 Å². The minimum absolute atomic E-state index is 0.0896. The maximum Gasteiger partial charge on any atom is 0.171 e. The summed E-state index contributed by atoms with van der Waals surface area (Å²) < 4.78 is 0. The van der Waals surface area contributed by atoms with Crippen LogP contribution in [0.4, 0.5) is 5.82 Å². The molecule has 0 spiro atoms. The Hall–Kier alpha value is -1.82. The summed E-state index contributed by atoms with van der Waals surface area (Å²) in [7, 11) is 0. The summed E-state index contributed by atoms with van der Waals surface area (Å²) in [6.45, 7) is 7.53. The molecule has 6 nitrogen and oxygen atoms in total. The van der Waals surface area contributed by atoms with Crippen molar-refractivity contribution in [2.75, 3.05) is 37.6 Å². The second kappa shape index (κ2) is 6.38. The molecule has 1 saturated heterocycles. The van der Waals surface area contributed by atoms with Crippen LogP contribution in [0.3, 0.4) is 0 Å². The molecule has 1 aromatic rings. The van der Waals surface area contributed by atoms with Crippen molar-refractivity contribution < 1.29 is 5.21 Å². The summed E-state index contributed by atoms with van der Waals surface area (Å²) in [6.07, 6.45) is 2.84. The molecule has 0 aliphatic carbocycles. The highest BCUT2D eigenvalue weighted by atomic mass is 16.4. The lowest BCUT2D eigenvalue weighted by Gasteiger charge is -2.35. The van der Waals surface area contributed by atoms with Crippen molar-refractivity contribution in [1.82, 2.24) is 9.88 Å². The number of nitrogens with two attached hydrogens (primary N) is 1. The number of hydrogen-bond donors (Lipinski definition) is 2. The first-order chi connectivity index (χ1) is 9.24. The Bertz CT molecular complexity index is 423. The molecule has 1 aromatic heterocycles. The van der Waals surface area contributed by atoms with E-state index in [2.05, 4.69) is 26.9 Å². The van der Waals surface area contributed by atoms with Gasteiger partial charge in [0.2, 0.25) is 0 Å². The van der Waals surface area contributed by atoms with Crippen LogP contribution in [-0.2, 0) is 0 Å². The quantitative estimate of drug-likeness (QED) is 0.362. The SMILES string of the molecule is CCCN1CCN(c2ccc(C(N)=NO)cn2)CC1. The number of amidine groups is 1. The average molecular weight is 263 g/mol. The van der Waals surface area contributed by atoms with Gasteiger partial charge < -0.3 is 15.8 Å². The molecule has 2 heterocycles. The highest BCUT2D eigenvalue weighted by Gasteiger charge is 2.17. The van der Waals surface area contributed by atoms with Gasteiger partial charge in [0, 0.05) is 37.9 Å². The fourth-order valence-corrected chi connectivity index (χ4v) is 2.30. The monoisotopic (exact) mass is 263 g/mol. The molecule has 1 fully saturated rings. The van der Waals surface area contributed by atoms with Crippen molar-refractivity contribution in [3.05, 3.63) is 23.9 Å². The van der Waals surface area contributed by atoms with Gasteiger partial charge in [0.05, 0.1) is 0 Å². The van der Waals surface area contributed by atoms with Crippen LogP contribution < -0.4 is 10.6 Å². The minimum atomic E-state index is 0.0896. The molecule has 6 heteroatoms. The smallest absolute Gasteiger partial charge is 0.171 e. The van der Waals surface area contributed by atoms with Crippen molar-refractivity contribution in [2.45, 2.75) is 13.3 Å². The van der Waals surface area contributed by atoms with E-state index in [4.69, 9.17) is 10.9 Å². The van der Waals surface area contributed by atoms with E-state index in [9.17, 15) is 0 Å². The number of nitrogens with zero attached hydrogens (tertiary/aromatic N) is 4. The van der Waals surface area contributed by atoms with Gasteiger partial charge in [-0.25, -0.2) is 4.98 Å². The van der Waals surface area contributed by atoms with Crippen LogP contribution in [0.5, 0.6) is 0 Å². The second-order valence-electron chi connectivity index (χ2n) is 4.72.